The van der Waals surface area contributed by atoms with Crippen LogP contribution in [0.15, 0.2) is 17.1 Å². The molecule has 0 aromatic heterocycles. The van der Waals surface area contributed by atoms with Gasteiger partial charge in [0, 0.05) is 6.21 Å². The van der Waals surface area contributed by atoms with Gasteiger partial charge in [-0.15, -0.1) is 0 Å². The SMILES string of the molecule is O=C(O)C1(I)C=CC=NC1. The molecule has 1 aliphatic rings. The Kier molecular flexibility index (Phi) is 2.08. The number of carboxylic acids is 1. The molecule has 3 nitrogen and oxygen atoms in total. The number of allylic oxidation sites excluding steroid dienone is 1. The van der Waals surface area contributed by atoms with Crippen molar-refractivity contribution in [3.05, 3.63) is 12.2 Å². The van der Waals surface area contributed by atoms with Crippen LogP contribution in [0.25, 0.3) is 0 Å². The molecule has 1 aliphatic heterocycles. The van der Waals surface area contributed by atoms with E-state index in [0.717, 1.165) is 0 Å². The van der Waals surface area contributed by atoms with E-state index in [9.17, 15) is 4.79 Å². The predicted molar refractivity (Wildman–Crippen MR) is 46.9 cm³/mol. The zero-order valence-corrected chi connectivity index (χ0v) is 7.28. The van der Waals surface area contributed by atoms with E-state index >= 15 is 0 Å². The highest BCUT2D eigenvalue weighted by molar-refractivity contribution is 14.1. The molecular formula is C6H6INO2. The van der Waals surface area contributed by atoms with E-state index in [2.05, 4.69) is 4.99 Å². The van der Waals surface area contributed by atoms with Crippen molar-refractivity contribution in [3.63, 3.8) is 0 Å². The number of alkyl halides is 1. The van der Waals surface area contributed by atoms with Crippen molar-refractivity contribution < 1.29 is 9.90 Å². The lowest BCUT2D eigenvalue weighted by atomic mass is 10.1. The van der Waals surface area contributed by atoms with E-state index in [0.29, 0.717) is 6.54 Å². The molecule has 0 saturated heterocycles. The largest absolute Gasteiger partial charge is 0.480 e. The number of nitrogens with zero attached hydrogens (tertiary/aromatic N) is 1. The van der Waals surface area contributed by atoms with Gasteiger partial charge in [-0.1, -0.05) is 28.7 Å². The van der Waals surface area contributed by atoms with Gasteiger partial charge in [-0.2, -0.15) is 0 Å². The Morgan fingerprint density at radius 2 is 2.50 bits per heavy atom. The molecule has 0 aromatic rings. The molecule has 0 amide bonds. The van der Waals surface area contributed by atoms with Crippen LogP contribution in [0.2, 0.25) is 0 Å². The highest BCUT2D eigenvalue weighted by atomic mass is 127. The number of hydrogen-bond donors (Lipinski definition) is 1. The van der Waals surface area contributed by atoms with Gasteiger partial charge in [0.15, 0.2) is 3.42 Å². The number of rotatable bonds is 1. The van der Waals surface area contributed by atoms with Crippen LogP contribution in [0, 0.1) is 0 Å². The van der Waals surface area contributed by atoms with Crippen LogP contribution in [-0.2, 0) is 4.79 Å². The summed E-state index contributed by atoms with van der Waals surface area (Å²) in [5.74, 6) is -0.832. The molecule has 0 fully saturated rings. The van der Waals surface area contributed by atoms with Crippen molar-refractivity contribution in [2.45, 2.75) is 3.42 Å². The molecule has 0 spiro atoms. The summed E-state index contributed by atoms with van der Waals surface area (Å²) in [7, 11) is 0. The van der Waals surface area contributed by atoms with Gasteiger partial charge in [0.25, 0.3) is 0 Å². The van der Waals surface area contributed by atoms with E-state index in [4.69, 9.17) is 5.11 Å². The Morgan fingerprint density at radius 3 is 2.80 bits per heavy atom. The van der Waals surface area contributed by atoms with E-state index in [1.807, 2.05) is 22.6 Å². The van der Waals surface area contributed by atoms with Crippen molar-refractivity contribution in [2.75, 3.05) is 6.54 Å². The molecule has 4 heteroatoms. The van der Waals surface area contributed by atoms with Crippen LogP contribution in [0.1, 0.15) is 0 Å². The van der Waals surface area contributed by atoms with Gasteiger partial charge in [0.1, 0.15) is 0 Å². The Bertz CT molecular complexity index is 212. The summed E-state index contributed by atoms with van der Waals surface area (Å²) in [4.78, 5) is 14.4. The fourth-order valence-corrected chi connectivity index (χ4v) is 1.04. The fraction of sp³-hybridized carbons (Fsp3) is 0.333. The number of aliphatic carboxylic acids is 1. The van der Waals surface area contributed by atoms with Crippen LogP contribution in [0.4, 0.5) is 0 Å². The first kappa shape index (κ1) is 7.71. The quantitative estimate of drug-likeness (QED) is 0.555. The van der Waals surface area contributed by atoms with Gasteiger partial charge in [-0.3, -0.25) is 9.79 Å². The summed E-state index contributed by atoms with van der Waals surface area (Å²) in [6.07, 6.45) is 4.91. The lowest BCUT2D eigenvalue weighted by Gasteiger charge is -2.17. The van der Waals surface area contributed by atoms with Crippen LogP contribution >= 0.6 is 22.6 Å². The average Bonchev–Trinajstić information content (AvgIpc) is 1.89. The highest BCUT2D eigenvalue weighted by Crippen LogP contribution is 2.23. The smallest absolute Gasteiger partial charge is 0.325 e. The number of carbonyl (C=O) groups is 1. The average molecular weight is 251 g/mol. The standard InChI is InChI=1S/C6H6INO2/c7-6(5(9)10)2-1-3-8-4-6/h1-3H,4H2,(H,9,10). The normalized spacial score (nSPS) is 30.5. The van der Waals surface area contributed by atoms with Gasteiger partial charge in [-0.05, 0) is 6.08 Å². The monoisotopic (exact) mass is 251 g/mol. The second-order valence-electron chi connectivity index (χ2n) is 2.02. The third kappa shape index (κ3) is 1.36. The molecule has 1 N–H and O–H groups in total. The molecule has 1 heterocycles. The second kappa shape index (κ2) is 2.69. The van der Waals surface area contributed by atoms with Crippen LogP contribution < -0.4 is 0 Å². The maximum atomic E-state index is 10.5. The first-order valence-electron chi connectivity index (χ1n) is 2.75. The molecule has 1 rings (SSSR count). The topological polar surface area (TPSA) is 49.7 Å². The van der Waals surface area contributed by atoms with E-state index in [1.54, 1.807) is 18.4 Å². The minimum absolute atomic E-state index is 0.333. The van der Waals surface area contributed by atoms with Crippen molar-refractivity contribution in [1.82, 2.24) is 0 Å². The molecule has 0 aromatic carbocycles. The molecule has 0 aliphatic carbocycles. The predicted octanol–water partition coefficient (Wildman–Crippen LogP) is 0.885. The first-order valence-corrected chi connectivity index (χ1v) is 3.83. The summed E-state index contributed by atoms with van der Waals surface area (Å²) in [5, 5.41) is 8.66. The summed E-state index contributed by atoms with van der Waals surface area (Å²) in [6, 6.07) is 0. The van der Waals surface area contributed by atoms with Gasteiger partial charge in [0.2, 0.25) is 0 Å². The van der Waals surface area contributed by atoms with Crippen LogP contribution in [0.3, 0.4) is 0 Å². The molecule has 1 unspecified atom stereocenters. The van der Waals surface area contributed by atoms with Crippen molar-refractivity contribution >= 4 is 34.8 Å². The Balaban J connectivity index is 2.80. The van der Waals surface area contributed by atoms with Gasteiger partial charge in [0.05, 0.1) is 6.54 Å². The minimum atomic E-state index is -0.832. The zero-order chi connectivity index (χ0) is 7.61. The Hall–Kier alpha value is -0.390. The molecule has 0 bridgehead atoms. The lowest BCUT2D eigenvalue weighted by Crippen LogP contribution is -2.33. The summed E-state index contributed by atoms with van der Waals surface area (Å²) in [5.41, 5.74) is 0. The van der Waals surface area contributed by atoms with Crippen LogP contribution in [0.5, 0.6) is 0 Å². The molecular weight excluding hydrogens is 245 g/mol. The Morgan fingerprint density at radius 1 is 1.80 bits per heavy atom. The number of dihydropyridines is 1. The third-order valence-corrected chi connectivity index (χ3v) is 2.39. The van der Waals surface area contributed by atoms with Crippen molar-refractivity contribution in [2.24, 2.45) is 4.99 Å². The van der Waals surface area contributed by atoms with Crippen molar-refractivity contribution in [3.8, 4) is 0 Å². The minimum Gasteiger partial charge on any atom is -0.480 e. The second-order valence-corrected chi connectivity index (χ2v) is 3.94. The van der Waals surface area contributed by atoms with Gasteiger partial charge in [-0.25, -0.2) is 0 Å². The molecule has 54 valence electrons. The number of hydrogen-bond acceptors (Lipinski definition) is 2. The summed E-state index contributed by atoms with van der Waals surface area (Å²) < 4.78 is -0.813. The van der Waals surface area contributed by atoms with Gasteiger partial charge >= 0.3 is 5.97 Å². The van der Waals surface area contributed by atoms with Crippen molar-refractivity contribution in [1.29, 1.82) is 0 Å². The number of halogens is 1. The van der Waals surface area contributed by atoms with Crippen LogP contribution in [-0.4, -0.2) is 27.3 Å². The fourth-order valence-electron chi connectivity index (χ4n) is 0.634. The summed E-state index contributed by atoms with van der Waals surface area (Å²) >= 11 is 1.88. The molecule has 1 atom stereocenters. The first-order chi connectivity index (χ1) is 4.65. The zero-order valence-electron chi connectivity index (χ0n) is 5.12. The summed E-state index contributed by atoms with van der Waals surface area (Å²) in [6.45, 7) is 0.333. The Labute approximate surface area is 72.0 Å². The number of carboxylic acid groups (broad SMARTS) is 1. The molecule has 10 heavy (non-hydrogen) atoms. The van der Waals surface area contributed by atoms with E-state index in [1.165, 1.54) is 0 Å². The highest BCUT2D eigenvalue weighted by Gasteiger charge is 2.32. The van der Waals surface area contributed by atoms with Gasteiger partial charge < -0.3 is 5.11 Å². The van der Waals surface area contributed by atoms with E-state index in [-0.39, 0.29) is 0 Å². The maximum absolute atomic E-state index is 10.5. The number of aliphatic imine (C=N–C) groups is 1. The third-order valence-electron chi connectivity index (χ3n) is 1.23. The van der Waals surface area contributed by atoms with E-state index < -0.39 is 9.39 Å². The lowest BCUT2D eigenvalue weighted by molar-refractivity contribution is -0.137. The molecule has 0 saturated carbocycles. The maximum Gasteiger partial charge on any atom is 0.325 e. The molecule has 0 radical (unpaired) electrons.